The van der Waals surface area contributed by atoms with E-state index < -0.39 is 0 Å². The van der Waals surface area contributed by atoms with Gasteiger partial charge in [0.25, 0.3) is 0 Å². The summed E-state index contributed by atoms with van der Waals surface area (Å²) < 4.78 is 0. The van der Waals surface area contributed by atoms with Crippen molar-refractivity contribution < 1.29 is 148 Å². The van der Waals surface area contributed by atoms with Gasteiger partial charge in [0.1, 0.15) is 0 Å². The Kier molecular flexibility index (Phi) is 626. The van der Waals surface area contributed by atoms with Crippen LogP contribution in [0.15, 0.2) is 6.08 Å². The molecule has 0 aliphatic rings. The summed E-state index contributed by atoms with van der Waals surface area (Å²) in [5.41, 5.74) is 0. The molecule has 0 bridgehead atoms. The first kappa shape index (κ1) is 77.8. The summed E-state index contributed by atoms with van der Waals surface area (Å²) >= 11 is 0. The van der Waals surface area contributed by atoms with Gasteiger partial charge in [-0.15, -0.1) is 0 Å². The topological polar surface area (TPSA) is 0 Å². The summed E-state index contributed by atoms with van der Waals surface area (Å²) in [6, 6.07) is 0. The fourth-order valence-corrected chi connectivity index (χ4v) is 0. The molecule has 0 N–H and O–H groups in total. The molecule has 0 saturated carbocycles. The zero-order valence-corrected chi connectivity index (χ0v) is 16.9. The fourth-order valence-electron chi connectivity index (χ4n) is 0. The maximum Gasteiger partial charge on any atom is 0 e. The molecular formula is C3H5V8-. The second-order valence-electron chi connectivity index (χ2n) is 0.333. The third-order valence-corrected chi connectivity index (χ3v) is 0. The van der Waals surface area contributed by atoms with E-state index in [0.29, 0.717) is 0 Å². The third-order valence-electron chi connectivity index (χ3n) is 0. The van der Waals surface area contributed by atoms with Gasteiger partial charge >= 0.3 is 0 Å². The summed E-state index contributed by atoms with van der Waals surface area (Å²) in [7, 11) is 0. The monoisotopic (exact) mass is 449 g/mol. The van der Waals surface area contributed by atoms with Gasteiger partial charge in [-0.25, -0.2) is 0 Å². The number of hydrogen-bond acceptors (Lipinski definition) is 0. The van der Waals surface area contributed by atoms with Crippen molar-refractivity contribution in [1.82, 2.24) is 0 Å². The fraction of sp³-hybridized carbons (Fsp3) is 0.333. The van der Waals surface area contributed by atoms with E-state index in [2.05, 4.69) is 0 Å². The van der Waals surface area contributed by atoms with Gasteiger partial charge in [-0.2, -0.15) is 0 Å². The molecule has 0 rings (SSSR count). The summed E-state index contributed by atoms with van der Waals surface area (Å²) in [6.07, 6.45) is 1.50. The van der Waals surface area contributed by atoms with Crippen molar-refractivity contribution in [2.24, 2.45) is 0 Å². The van der Waals surface area contributed by atoms with Gasteiger partial charge < -0.3 is 6.58 Å². The molecule has 0 amide bonds. The molecule has 0 spiro atoms. The molecule has 58 valence electrons. The SMILES string of the molecule is [CH-]=CC.[V].[V].[V].[V].[V].[V].[V].[V]. The second kappa shape index (κ2) is 88.5. The Morgan fingerprint density at radius 3 is 0.636 bits per heavy atom. The molecule has 0 nitrogen and oxygen atoms in total. The van der Waals surface area contributed by atoms with Crippen LogP contribution in [0.5, 0.6) is 0 Å². The first-order valence-electron chi connectivity index (χ1n) is 0.911. The molecule has 8 radical (unpaired) electrons. The van der Waals surface area contributed by atoms with Crippen LogP contribution < -0.4 is 0 Å². The van der Waals surface area contributed by atoms with E-state index in [9.17, 15) is 0 Å². The Bertz CT molecular complexity index is 16.8. The van der Waals surface area contributed by atoms with Gasteiger partial charge in [-0.3, -0.25) is 6.08 Å². The molecule has 0 saturated heterocycles. The predicted molar refractivity (Wildman–Crippen MR) is 14.5 cm³/mol. The van der Waals surface area contributed by atoms with E-state index in [1.165, 1.54) is 6.08 Å². The van der Waals surface area contributed by atoms with Crippen LogP contribution >= 0.6 is 0 Å². The third kappa shape index (κ3) is 114. The van der Waals surface area contributed by atoms with Crippen molar-refractivity contribution in [3.63, 3.8) is 0 Å². The Morgan fingerprint density at radius 1 is 0.636 bits per heavy atom. The predicted octanol–water partition coefficient (Wildman–Crippen LogP) is 0.975. The number of rotatable bonds is 0. The minimum absolute atomic E-state index is 0. The van der Waals surface area contributed by atoms with Crippen LogP contribution in [0.1, 0.15) is 6.92 Å². The zero-order chi connectivity index (χ0) is 2.71. The van der Waals surface area contributed by atoms with Gasteiger partial charge in [-0.1, -0.05) is 6.92 Å². The van der Waals surface area contributed by atoms with Gasteiger partial charge in [0.05, 0.1) is 0 Å². The molecule has 0 aromatic carbocycles. The van der Waals surface area contributed by atoms with E-state index in [4.69, 9.17) is 6.58 Å². The van der Waals surface area contributed by atoms with Crippen molar-refractivity contribution in [3.8, 4) is 0 Å². The van der Waals surface area contributed by atoms with Gasteiger partial charge in [-0.05, 0) is 0 Å². The minimum Gasteiger partial charge on any atom is -0.518 e. The molecule has 0 heterocycles. The van der Waals surface area contributed by atoms with E-state index in [1.54, 1.807) is 6.92 Å². The molecule has 11 heavy (non-hydrogen) atoms. The van der Waals surface area contributed by atoms with Gasteiger partial charge in [0.15, 0.2) is 0 Å². The Morgan fingerprint density at radius 2 is 0.636 bits per heavy atom. The van der Waals surface area contributed by atoms with Crippen molar-refractivity contribution in [1.29, 1.82) is 0 Å². The van der Waals surface area contributed by atoms with E-state index in [0.717, 1.165) is 0 Å². The first-order chi connectivity index (χ1) is 1.41. The summed E-state index contributed by atoms with van der Waals surface area (Å²) in [5.74, 6) is 0. The molecule has 8 heteroatoms. The first-order valence-corrected chi connectivity index (χ1v) is 0.911. The van der Waals surface area contributed by atoms with Crippen molar-refractivity contribution in [2.45, 2.75) is 6.92 Å². The molecule has 0 aromatic heterocycles. The second-order valence-corrected chi connectivity index (χ2v) is 0.333. The normalized spacial score (nSPS) is 1.18. The van der Waals surface area contributed by atoms with E-state index in [-0.39, 0.29) is 148 Å². The summed E-state index contributed by atoms with van der Waals surface area (Å²) in [5, 5.41) is 0. The van der Waals surface area contributed by atoms with E-state index >= 15 is 0 Å². The average molecular weight is 449 g/mol. The van der Waals surface area contributed by atoms with Crippen LogP contribution in [0.25, 0.3) is 0 Å². The Balaban J connectivity index is -0.000000000714. The Labute approximate surface area is 165 Å². The average Bonchev–Trinajstić information content (AvgIpc) is 0.918. The number of allylic oxidation sites excluding steroid dienone is 1. The van der Waals surface area contributed by atoms with E-state index in [1.807, 2.05) is 0 Å². The van der Waals surface area contributed by atoms with Crippen molar-refractivity contribution >= 4 is 0 Å². The minimum atomic E-state index is 0. The van der Waals surface area contributed by atoms with Gasteiger partial charge in [0.2, 0.25) is 0 Å². The zero-order valence-electron chi connectivity index (χ0n) is 5.73. The van der Waals surface area contributed by atoms with Crippen LogP contribution in [0.3, 0.4) is 0 Å². The maximum atomic E-state index is 4.72. The molecule has 0 fully saturated rings. The molecule has 0 aliphatic carbocycles. The molecule has 0 aromatic rings. The molecule has 0 unspecified atom stereocenters. The quantitative estimate of drug-likeness (QED) is 0.485. The standard InChI is InChI=1S/C3H5.8V/c1-3-2;;;;;;;;/h1,3H,2H3;;;;;;;;/q-1;;;;;;;;. The smallest absolute Gasteiger partial charge is 0 e. The van der Waals surface area contributed by atoms with Crippen molar-refractivity contribution in [3.05, 3.63) is 12.7 Å². The van der Waals surface area contributed by atoms with Crippen molar-refractivity contribution in [2.75, 3.05) is 0 Å². The summed E-state index contributed by atoms with van der Waals surface area (Å²) in [4.78, 5) is 0. The van der Waals surface area contributed by atoms with Crippen LogP contribution in [0.4, 0.5) is 0 Å². The van der Waals surface area contributed by atoms with Crippen LogP contribution in [-0.2, 0) is 148 Å². The van der Waals surface area contributed by atoms with Gasteiger partial charge in [0, 0.05) is 148 Å². The molecule has 0 aliphatic heterocycles. The Hall–Kier alpha value is 4.42. The summed E-state index contributed by atoms with van der Waals surface area (Å²) in [6.45, 7) is 6.50. The van der Waals surface area contributed by atoms with Crippen LogP contribution in [-0.4, -0.2) is 0 Å². The number of hydrogen-bond donors (Lipinski definition) is 0. The molecular weight excluding hydrogens is 444 g/mol. The maximum absolute atomic E-state index is 4.72. The van der Waals surface area contributed by atoms with Crippen LogP contribution in [0.2, 0.25) is 0 Å². The van der Waals surface area contributed by atoms with Crippen LogP contribution in [0, 0.1) is 6.58 Å². The molecule has 0 atom stereocenters. The largest absolute Gasteiger partial charge is 0.518 e.